The van der Waals surface area contributed by atoms with E-state index in [9.17, 15) is 0 Å². The Hall–Kier alpha value is -1.46. The molecule has 0 saturated heterocycles. The average Bonchev–Trinajstić information content (AvgIpc) is 2.39. The first-order chi connectivity index (χ1) is 9.19. The SMILES string of the molecule is CNCc1cnc(OCc2cccc(Br)c2)nc1C. The Labute approximate surface area is 121 Å². The van der Waals surface area contributed by atoms with E-state index in [1.54, 1.807) is 6.20 Å². The first-order valence-corrected chi connectivity index (χ1v) is 6.82. The van der Waals surface area contributed by atoms with Crippen LogP contribution in [0.25, 0.3) is 0 Å². The molecule has 19 heavy (non-hydrogen) atoms. The summed E-state index contributed by atoms with van der Waals surface area (Å²) in [6.07, 6.45) is 1.80. The molecule has 1 aromatic heterocycles. The molecule has 0 aliphatic rings. The lowest BCUT2D eigenvalue weighted by Crippen LogP contribution is -2.09. The van der Waals surface area contributed by atoms with E-state index in [0.717, 1.165) is 27.8 Å². The predicted octanol–water partition coefficient (Wildman–Crippen LogP) is 2.85. The zero-order chi connectivity index (χ0) is 13.7. The van der Waals surface area contributed by atoms with Gasteiger partial charge in [0, 0.05) is 28.5 Å². The average molecular weight is 322 g/mol. The molecule has 2 aromatic rings. The molecule has 100 valence electrons. The molecule has 1 heterocycles. The van der Waals surface area contributed by atoms with Crippen molar-refractivity contribution in [1.29, 1.82) is 0 Å². The molecule has 0 bridgehead atoms. The molecule has 1 aromatic carbocycles. The quantitative estimate of drug-likeness (QED) is 0.919. The number of aromatic nitrogens is 2. The van der Waals surface area contributed by atoms with E-state index in [-0.39, 0.29) is 0 Å². The van der Waals surface area contributed by atoms with Gasteiger partial charge in [-0.3, -0.25) is 0 Å². The Bertz CT molecular complexity index is 560. The van der Waals surface area contributed by atoms with Crippen molar-refractivity contribution in [2.75, 3.05) is 7.05 Å². The van der Waals surface area contributed by atoms with Crippen LogP contribution < -0.4 is 10.1 Å². The maximum Gasteiger partial charge on any atom is 0.316 e. The second kappa shape index (κ2) is 6.63. The summed E-state index contributed by atoms with van der Waals surface area (Å²) in [5.74, 6) is 0. The number of nitrogens with one attached hydrogen (secondary N) is 1. The van der Waals surface area contributed by atoms with Crippen LogP contribution in [0.5, 0.6) is 6.01 Å². The third kappa shape index (κ3) is 4.01. The predicted molar refractivity (Wildman–Crippen MR) is 78.0 cm³/mol. The number of nitrogens with zero attached hydrogens (tertiary/aromatic N) is 2. The lowest BCUT2D eigenvalue weighted by molar-refractivity contribution is 0.279. The monoisotopic (exact) mass is 321 g/mol. The van der Waals surface area contributed by atoms with Crippen molar-refractivity contribution in [3.63, 3.8) is 0 Å². The van der Waals surface area contributed by atoms with Crippen molar-refractivity contribution < 1.29 is 4.74 Å². The number of halogens is 1. The van der Waals surface area contributed by atoms with Gasteiger partial charge in [0.2, 0.25) is 0 Å². The second-order valence-electron chi connectivity index (χ2n) is 4.21. The number of aryl methyl sites for hydroxylation is 1. The molecular weight excluding hydrogens is 306 g/mol. The minimum atomic E-state index is 0.414. The van der Waals surface area contributed by atoms with Gasteiger partial charge >= 0.3 is 6.01 Å². The molecule has 4 nitrogen and oxygen atoms in total. The molecule has 1 N–H and O–H groups in total. The number of hydrogen-bond acceptors (Lipinski definition) is 4. The van der Waals surface area contributed by atoms with Gasteiger partial charge in [-0.15, -0.1) is 0 Å². The summed E-state index contributed by atoms with van der Waals surface area (Å²) in [4.78, 5) is 8.55. The summed E-state index contributed by atoms with van der Waals surface area (Å²) in [7, 11) is 1.90. The van der Waals surface area contributed by atoms with E-state index in [1.165, 1.54) is 0 Å². The minimum Gasteiger partial charge on any atom is -0.459 e. The van der Waals surface area contributed by atoms with Crippen LogP contribution in [0, 0.1) is 6.92 Å². The molecule has 2 rings (SSSR count). The first kappa shape index (κ1) is 14.0. The number of hydrogen-bond donors (Lipinski definition) is 1. The highest BCUT2D eigenvalue weighted by molar-refractivity contribution is 9.10. The lowest BCUT2D eigenvalue weighted by atomic mass is 10.2. The number of rotatable bonds is 5. The van der Waals surface area contributed by atoms with Gasteiger partial charge in [0.15, 0.2) is 0 Å². The fraction of sp³-hybridized carbons (Fsp3) is 0.286. The third-order valence-corrected chi connectivity index (χ3v) is 3.18. The molecule has 0 saturated carbocycles. The summed E-state index contributed by atoms with van der Waals surface area (Å²) in [5.41, 5.74) is 3.10. The zero-order valence-electron chi connectivity index (χ0n) is 11.0. The topological polar surface area (TPSA) is 47.0 Å². The van der Waals surface area contributed by atoms with Gasteiger partial charge in [0.1, 0.15) is 6.61 Å². The van der Waals surface area contributed by atoms with Crippen LogP contribution in [0.4, 0.5) is 0 Å². The fourth-order valence-corrected chi connectivity index (χ4v) is 2.13. The van der Waals surface area contributed by atoms with Crippen molar-refractivity contribution in [1.82, 2.24) is 15.3 Å². The lowest BCUT2D eigenvalue weighted by Gasteiger charge is -2.08. The Kier molecular flexibility index (Phi) is 4.87. The molecule has 0 aliphatic heterocycles. The minimum absolute atomic E-state index is 0.414. The van der Waals surface area contributed by atoms with Gasteiger partial charge in [-0.2, -0.15) is 0 Å². The van der Waals surface area contributed by atoms with Gasteiger partial charge < -0.3 is 10.1 Å². The highest BCUT2D eigenvalue weighted by atomic mass is 79.9. The highest BCUT2D eigenvalue weighted by Crippen LogP contribution is 2.14. The van der Waals surface area contributed by atoms with Gasteiger partial charge in [-0.25, -0.2) is 9.97 Å². The molecule has 0 atom stereocenters. The van der Waals surface area contributed by atoms with Gasteiger partial charge in [-0.05, 0) is 31.7 Å². The van der Waals surface area contributed by atoms with Crippen molar-refractivity contribution in [2.24, 2.45) is 0 Å². The smallest absolute Gasteiger partial charge is 0.316 e. The molecule has 0 spiro atoms. The molecule has 5 heteroatoms. The highest BCUT2D eigenvalue weighted by Gasteiger charge is 2.04. The Morgan fingerprint density at radius 1 is 1.37 bits per heavy atom. The number of ether oxygens (including phenoxy) is 1. The zero-order valence-corrected chi connectivity index (χ0v) is 12.6. The maximum atomic E-state index is 5.60. The van der Waals surface area contributed by atoms with Crippen molar-refractivity contribution in [3.05, 3.63) is 51.8 Å². The summed E-state index contributed by atoms with van der Waals surface area (Å²) in [6.45, 7) is 3.18. The van der Waals surface area contributed by atoms with Crippen LogP contribution in [0.2, 0.25) is 0 Å². The molecule has 0 fully saturated rings. The summed E-state index contributed by atoms with van der Waals surface area (Å²) in [6, 6.07) is 8.40. The molecule has 0 radical (unpaired) electrons. The van der Waals surface area contributed by atoms with E-state index in [0.29, 0.717) is 12.6 Å². The van der Waals surface area contributed by atoms with Gasteiger partial charge in [0.05, 0.1) is 0 Å². The summed E-state index contributed by atoms with van der Waals surface area (Å²) in [5, 5.41) is 3.08. The summed E-state index contributed by atoms with van der Waals surface area (Å²) < 4.78 is 6.63. The first-order valence-electron chi connectivity index (χ1n) is 6.03. The Morgan fingerprint density at radius 2 is 2.21 bits per heavy atom. The standard InChI is InChI=1S/C14H16BrN3O/c1-10-12(7-16-2)8-17-14(18-10)19-9-11-4-3-5-13(15)6-11/h3-6,8,16H,7,9H2,1-2H3. The molecule has 0 unspecified atom stereocenters. The van der Waals surface area contributed by atoms with Crippen LogP contribution in [-0.2, 0) is 13.2 Å². The van der Waals surface area contributed by atoms with Crippen LogP contribution in [0.15, 0.2) is 34.9 Å². The Balaban J connectivity index is 2.02. The van der Waals surface area contributed by atoms with Crippen LogP contribution in [0.1, 0.15) is 16.8 Å². The van der Waals surface area contributed by atoms with E-state index < -0.39 is 0 Å². The molecule has 0 aliphatic carbocycles. The van der Waals surface area contributed by atoms with Crippen molar-refractivity contribution in [3.8, 4) is 6.01 Å². The van der Waals surface area contributed by atoms with E-state index >= 15 is 0 Å². The number of benzene rings is 1. The van der Waals surface area contributed by atoms with E-state index in [4.69, 9.17) is 4.74 Å². The third-order valence-electron chi connectivity index (χ3n) is 2.68. The van der Waals surface area contributed by atoms with E-state index in [1.807, 2.05) is 38.2 Å². The van der Waals surface area contributed by atoms with Crippen LogP contribution >= 0.6 is 15.9 Å². The maximum absolute atomic E-state index is 5.60. The van der Waals surface area contributed by atoms with Gasteiger partial charge in [-0.1, -0.05) is 28.1 Å². The van der Waals surface area contributed by atoms with Crippen molar-refractivity contribution >= 4 is 15.9 Å². The summed E-state index contributed by atoms with van der Waals surface area (Å²) >= 11 is 3.43. The van der Waals surface area contributed by atoms with E-state index in [2.05, 4.69) is 31.2 Å². The second-order valence-corrected chi connectivity index (χ2v) is 5.13. The van der Waals surface area contributed by atoms with Crippen LogP contribution in [-0.4, -0.2) is 17.0 Å². The van der Waals surface area contributed by atoms with Crippen LogP contribution in [0.3, 0.4) is 0 Å². The van der Waals surface area contributed by atoms with Crippen molar-refractivity contribution in [2.45, 2.75) is 20.1 Å². The molecular formula is C14H16BrN3O. The van der Waals surface area contributed by atoms with Gasteiger partial charge in [0.25, 0.3) is 0 Å². The molecule has 0 amide bonds. The largest absolute Gasteiger partial charge is 0.459 e. The Morgan fingerprint density at radius 3 is 2.89 bits per heavy atom. The normalized spacial score (nSPS) is 10.5. The fourth-order valence-electron chi connectivity index (χ4n) is 1.68.